The summed E-state index contributed by atoms with van der Waals surface area (Å²) in [6.45, 7) is 6.62. The van der Waals surface area contributed by atoms with Crippen molar-refractivity contribution in [2.45, 2.75) is 32.9 Å². The predicted molar refractivity (Wildman–Crippen MR) is 155 cm³/mol. The number of fused-ring (bicyclic) bond motifs is 1. The molecule has 0 aliphatic rings. The van der Waals surface area contributed by atoms with Crippen LogP contribution in [-0.4, -0.2) is 58.9 Å². The Kier molecular flexibility index (Phi) is 12.0. The molecule has 1 unspecified atom stereocenters. The minimum Gasteiger partial charge on any atom is -0.465 e. The van der Waals surface area contributed by atoms with Crippen LogP contribution in [0.2, 0.25) is 0 Å². The van der Waals surface area contributed by atoms with Crippen molar-refractivity contribution in [1.82, 2.24) is 19.8 Å². The van der Waals surface area contributed by atoms with Crippen LogP contribution in [0.4, 0.5) is 5.69 Å². The number of nitrogen functional groups attached to an aromatic ring is 1. The first-order valence-corrected chi connectivity index (χ1v) is 11.9. The fourth-order valence-electron chi connectivity index (χ4n) is 3.96. The zero-order chi connectivity index (χ0) is 26.5. The highest BCUT2D eigenvalue weighted by Crippen LogP contribution is 2.27. The molecule has 5 N–H and O–H groups in total. The number of halogens is 2. The number of carbonyl (C=O) groups is 2. The number of carbonyl (C=O) groups excluding carboxylic acids is 2. The zero-order valence-corrected chi connectivity index (χ0v) is 24.0. The lowest BCUT2D eigenvalue weighted by molar-refractivity contribution is -0.143. The molecule has 0 spiro atoms. The Bertz CT molecular complexity index is 1260. The number of anilines is 1. The highest BCUT2D eigenvalue weighted by molar-refractivity contribution is 5.95. The number of rotatable bonds is 11. The Morgan fingerprint density at radius 2 is 1.82 bits per heavy atom. The molecular weight excluding hydrogens is 529 g/mol. The molecule has 12 heteroatoms. The van der Waals surface area contributed by atoms with Gasteiger partial charge in [-0.3, -0.25) is 20.3 Å². The number of ether oxygens (including phenoxy) is 1. The Labute approximate surface area is 235 Å². The van der Waals surface area contributed by atoms with Gasteiger partial charge < -0.3 is 25.3 Å². The largest absolute Gasteiger partial charge is 0.465 e. The van der Waals surface area contributed by atoms with Crippen LogP contribution >= 0.6 is 24.8 Å². The highest BCUT2D eigenvalue weighted by Gasteiger charge is 2.37. The van der Waals surface area contributed by atoms with Gasteiger partial charge in [0.1, 0.15) is 17.2 Å². The molecule has 0 fully saturated rings. The minimum absolute atomic E-state index is 0. The number of amides is 1. The first-order valence-electron chi connectivity index (χ1n) is 11.9. The second kappa shape index (κ2) is 14.0. The summed E-state index contributed by atoms with van der Waals surface area (Å²) in [5.74, 6) is 0.274. The van der Waals surface area contributed by atoms with Crippen LogP contribution in [0.15, 0.2) is 42.5 Å². The number of aromatic nitrogens is 2. The number of benzene rings is 2. The summed E-state index contributed by atoms with van der Waals surface area (Å²) < 4.78 is 7.04. The van der Waals surface area contributed by atoms with Crippen LogP contribution < -0.4 is 16.4 Å². The maximum absolute atomic E-state index is 13.4. The topological polar surface area (TPSA) is 138 Å². The summed E-state index contributed by atoms with van der Waals surface area (Å²) in [6, 6.07) is 13.0. The van der Waals surface area contributed by atoms with Crippen molar-refractivity contribution in [3.63, 3.8) is 0 Å². The van der Waals surface area contributed by atoms with E-state index in [1.165, 1.54) is 0 Å². The van der Waals surface area contributed by atoms with Crippen LogP contribution in [-0.2, 0) is 33.5 Å². The second-order valence-corrected chi connectivity index (χ2v) is 8.74. The van der Waals surface area contributed by atoms with Gasteiger partial charge in [-0.05, 0) is 62.7 Å². The van der Waals surface area contributed by atoms with E-state index in [1.54, 1.807) is 37.9 Å². The van der Waals surface area contributed by atoms with Crippen molar-refractivity contribution >= 4 is 59.2 Å². The lowest BCUT2D eigenvalue weighted by Gasteiger charge is -2.33. The van der Waals surface area contributed by atoms with Crippen LogP contribution in [0.25, 0.3) is 11.0 Å². The summed E-state index contributed by atoms with van der Waals surface area (Å²) in [4.78, 5) is 31.8. The van der Waals surface area contributed by atoms with Gasteiger partial charge in [0.2, 0.25) is 5.91 Å². The van der Waals surface area contributed by atoms with E-state index in [9.17, 15) is 9.59 Å². The standard InChI is InChI=1S/C26H35N7O3.2ClH/c1-6-32(4)25(35)26(3,30-16-23(34)36-7-2)18-10-13-21-20(14-18)31-22(33(21)5)15-29-19-11-8-17(9-12-19)24(27)28;;/h8-14,29-30H,6-7,15-16H2,1-5H3,(H3,27,28);2*1H. The number of nitrogens with one attached hydrogen (secondary N) is 3. The molecular formula is C26H37Cl2N7O3. The van der Waals surface area contributed by atoms with Crippen LogP contribution in [0.3, 0.4) is 0 Å². The van der Waals surface area contributed by atoms with Crippen molar-refractivity contribution in [3.8, 4) is 0 Å². The van der Waals surface area contributed by atoms with Crippen molar-refractivity contribution in [2.75, 3.05) is 32.1 Å². The van der Waals surface area contributed by atoms with E-state index >= 15 is 0 Å². The molecule has 0 bridgehead atoms. The zero-order valence-electron chi connectivity index (χ0n) is 22.3. The van der Waals surface area contributed by atoms with Crippen molar-refractivity contribution in [1.29, 1.82) is 5.41 Å². The van der Waals surface area contributed by atoms with Gasteiger partial charge in [-0.1, -0.05) is 6.07 Å². The molecule has 208 valence electrons. The Hall–Kier alpha value is -3.34. The number of likely N-dealkylation sites (N-methyl/N-ethyl adjacent to an activating group) is 1. The summed E-state index contributed by atoms with van der Waals surface area (Å²) >= 11 is 0. The molecule has 3 rings (SSSR count). The fraction of sp³-hybridized carbons (Fsp3) is 0.385. The van der Waals surface area contributed by atoms with E-state index in [4.69, 9.17) is 20.9 Å². The summed E-state index contributed by atoms with van der Waals surface area (Å²) in [6.07, 6.45) is 0. The van der Waals surface area contributed by atoms with E-state index in [1.807, 2.05) is 48.9 Å². The number of amidine groups is 1. The van der Waals surface area contributed by atoms with Crippen molar-refractivity contribution in [2.24, 2.45) is 12.8 Å². The van der Waals surface area contributed by atoms with Gasteiger partial charge in [0, 0.05) is 31.9 Å². The molecule has 1 heterocycles. The number of imidazole rings is 1. The molecule has 0 saturated heterocycles. The Morgan fingerprint density at radius 1 is 1.16 bits per heavy atom. The summed E-state index contributed by atoms with van der Waals surface area (Å²) in [5, 5.41) is 14.0. The Balaban J connectivity index is 0.00000361. The molecule has 0 aliphatic carbocycles. The van der Waals surface area contributed by atoms with Gasteiger partial charge >= 0.3 is 5.97 Å². The number of aryl methyl sites for hydroxylation is 1. The predicted octanol–water partition coefficient (Wildman–Crippen LogP) is 3.16. The molecule has 0 radical (unpaired) electrons. The fourth-order valence-corrected chi connectivity index (χ4v) is 3.96. The average Bonchev–Trinajstić information content (AvgIpc) is 3.20. The average molecular weight is 567 g/mol. The first-order chi connectivity index (χ1) is 17.1. The number of nitrogens with zero attached hydrogens (tertiary/aromatic N) is 3. The minimum atomic E-state index is -1.14. The van der Waals surface area contributed by atoms with Crippen molar-refractivity contribution in [3.05, 3.63) is 59.4 Å². The monoisotopic (exact) mass is 565 g/mol. The molecule has 2 aromatic carbocycles. The lowest BCUT2D eigenvalue weighted by Crippen LogP contribution is -2.54. The summed E-state index contributed by atoms with van der Waals surface area (Å²) in [7, 11) is 3.68. The SMILES string of the molecule is CCOC(=O)CNC(C)(C(=O)N(C)CC)c1ccc2c(c1)nc(CNc1ccc(C(=N)N)cc1)n2C.Cl.Cl. The van der Waals surface area contributed by atoms with E-state index in [-0.39, 0.29) is 49.7 Å². The molecule has 1 amide bonds. The molecule has 3 aromatic rings. The molecule has 1 atom stereocenters. The highest BCUT2D eigenvalue weighted by atomic mass is 35.5. The number of esters is 1. The Morgan fingerprint density at radius 3 is 2.39 bits per heavy atom. The lowest BCUT2D eigenvalue weighted by atomic mass is 9.89. The maximum atomic E-state index is 13.4. The van der Waals surface area contributed by atoms with Gasteiger partial charge in [-0.15, -0.1) is 24.8 Å². The third kappa shape index (κ3) is 7.15. The smallest absolute Gasteiger partial charge is 0.319 e. The van der Waals surface area contributed by atoms with Gasteiger partial charge in [0.25, 0.3) is 0 Å². The van der Waals surface area contributed by atoms with Gasteiger partial charge in [0.15, 0.2) is 0 Å². The third-order valence-electron chi connectivity index (χ3n) is 6.34. The third-order valence-corrected chi connectivity index (χ3v) is 6.34. The van der Waals surface area contributed by atoms with Gasteiger partial charge in [0.05, 0.1) is 30.7 Å². The van der Waals surface area contributed by atoms with Crippen LogP contribution in [0, 0.1) is 5.41 Å². The number of hydrogen-bond acceptors (Lipinski definition) is 7. The second-order valence-electron chi connectivity index (χ2n) is 8.74. The van der Waals surface area contributed by atoms with Crippen LogP contribution in [0.1, 0.15) is 37.7 Å². The van der Waals surface area contributed by atoms with Crippen molar-refractivity contribution < 1.29 is 14.3 Å². The van der Waals surface area contributed by atoms with Gasteiger partial charge in [-0.2, -0.15) is 0 Å². The quantitative estimate of drug-likeness (QED) is 0.159. The molecule has 0 aliphatic heterocycles. The van der Waals surface area contributed by atoms with E-state index in [0.717, 1.165) is 22.5 Å². The molecule has 0 saturated carbocycles. The normalized spacial score (nSPS) is 12.0. The van der Waals surface area contributed by atoms with E-state index < -0.39 is 11.5 Å². The summed E-state index contributed by atoms with van der Waals surface area (Å²) in [5.41, 5.74) is 8.31. The molecule has 10 nitrogen and oxygen atoms in total. The number of hydrogen-bond donors (Lipinski definition) is 4. The van der Waals surface area contributed by atoms with Gasteiger partial charge in [-0.25, -0.2) is 4.98 Å². The van der Waals surface area contributed by atoms with E-state index in [0.29, 0.717) is 24.2 Å². The van der Waals surface area contributed by atoms with Crippen LogP contribution in [0.5, 0.6) is 0 Å². The molecule has 38 heavy (non-hydrogen) atoms. The molecule has 1 aromatic heterocycles. The number of nitrogens with two attached hydrogens (primary N) is 1. The van der Waals surface area contributed by atoms with E-state index in [2.05, 4.69) is 10.6 Å². The maximum Gasteiger partial charge on any atom is 0.319 e. The first kappa shape index (κ1) is 32.7.